The van der Waals surface area contributed by atoms with Crippen LogP contribution >= 0.6 is 0 Å². The molecule has 1 fully saturated rings. The van der Waals surface area contributed by atoms with Crippen molar-refractivity contribution >= 4 is 11.6 Å². The van der Waals surface area contributed by atoms with Crippen LogP contribution in [-0.4, -0.2) is 46.1 Å². The molecule has 0 aliphatic carbocycles. The maximum Gasteiger partial charge on any atom is 0.417 e. The fourth-order valence-corrected chi connectivity index (χ4v) is 4.30. The lowest BCUT2D eigenvalue weighted by Crippen LogP contribution is -2.47. The fraction of sp³-hybridized carbons (Fsp3) is 0.500. The van der Waals surface area contributed by atoms with Crippen molar-refractivity contribution in [2.45, 2.75) is 70.1 Å². The summed E-state index contributed by atoms with van der Waals surface area (Å²) in [5, 5.41) is 12.3. The van der Waals surface area contributed by atoms with E-state index in [0.29, 0.717) is 18.7 Å². The smallest absolute Gasteiger partial charge is 0.417 e. The van der Waals surface area contributed by atoms with Crippen molar-refractivity contribution in [3.8, 4) is 5.75 Å². The third-order valence-electron chi connectivity index (χ3n) is 6.28. The first-order valence-electron chi connectivity index (χ1n) is 11.1. The largest absolute Gasteiger partial charge is 0.431 e. The number of pyridine rings is 1. The Bertz CT molecular complexity index is 1140. The van der Waals surface area contributed by atoms with Crippen molar-refractivity contribution in [3.63, 3.8) is 0 Å². The number of nitrogens with one attached hydrogen (secondary N) is 1. The number of nitrogens with zero attached hydrogens (tertiary/aromatic N) is 1. The van der Waals surface area contributed by atoms with Crippen LogP contribution in [0.15, 0.2) is 30.5 Å². The van der Waals surface area contributed by atoms with Crippen molar-refractivity contribution < 1.29 is 50.1 Å². The Morgan fingerprint density at radius 3 is 2.38 bits per heavy atom. The summed E-state index contributed by atoms with van der Waals surface area (Å²) in [4.78, 5) is 17.2. The number of anilines is 1. The summed E-state index contributed by atoms with van der Waals surface area (Å²) in [6, 6.07) is 4.20. The van der Waals surface area contributed by atoms with Gasteiger partial charge in [-0.3, -0.25) is 9.78 Å². The van der Waals surface area contributed by atoms with Crippen LogP contribution < -0.4 is 10.1 Å². The van der Waals surface area contributed by atoms with E-state index in [1.165, 1.54) is 18.3 Å². The second-order valence-electron chi connectivity index (χ2n) is 9.63. The molecule has 1 aromatic carbocycles. The Morgan fingerprint density at radius 1 is 1.22 bits per heavy atom. The summed E-state index contributed by atoms with van der Waals surface area (Å²) < 4.78 is 106. The van der Waals surface area contributed by atoms with E-state index >= 15 is 0 Å². The van der Waals surface area contributed by atoms with Crippen molar-refractivity contribution in [2.75, 3.05) is 5.32 Å². The fourth-order valence-electron chi connectivity index (χ4n) is 4.30. The first-order valence-corrected chi connectivity index (χ1v) is 11.1. The lowest BCUT2D eigenvalue weighted by atomic mass is 9.77. The molecule has 0 radical (unpaired) electrons. The van der Waals surface area contributed by atoms with Crippen LogP contribution in [0.2, 0.25) is 0 Å². The van der Waals surface area contributed by atoms with Crippen molar-refractivity contribution in [1.82, 2.24) is 4.98 Å². The molecule has 1 aliphatic rings. The zero-order valence-corrected chi connectivity index (χ0v) is 20.2. The predicted octanol–water partition coefficient (Wildman–Crippen LogP) is 5.35. The molecule has 2 heterocycles. The Hall–Kier alpha value is -2.93. The van der Waals surface area contributed by atoms with Gasteiger partial charge in [0.2, 0.25) is 5.82 Å². The monoisotopic (exact) mass is 538 g/mol. The van der Waals surface area contributed by atoms with Crippen LogP contribution in [0.5, 0.6) is 5.75 Å². The number of carbonyl (C=O) groups excluding carboxylic acids is 1. The highest BCUT2D eigenvalue weighted by atomic mass is 19.4. The topological polar surface area (TPSA) is 80.7 Å². The second kappa shape index (κ2) is 10.1. The molecule has 4 atom stereocenters. The quantitative estimate of drug-likeness (QED) is 0.465. The molecular formula is C24H25F7N2O4. The minimum atomic E-state index is -5.01. The van der Waals surface area contributed by atoms with Crippen LogP contribution in [0.4, 0.5) is 36.4 Å². The van der Waals surface area contributed by atoms with Gasteiger partial charge in [0.25, 0.3) is 5.91 Å². The molecule has 0 saturated carbocycles. The molecular weight excluding hydrogens is 513 g/mol. The third kappa shape index (κ3) is 5.98. The number of carbonyl (C=O) groups is 1. The summed E-state index contributed by atoms with van der Waals surface area (Å²) in [5.41, 5.74) is -4.06. The number of hydrogen-bond donors (Lipinski definition) is 2. The number of aliphatic hydroxyl groups is 1. The zero-order chi connectivity index (χ0) is 27.9. The molecule has 13 heteroatoms. The zero-order valence-electron chi connectivity index (χ0n) is 20.2. The highest BCUT2D eigenvalue weighted by Gasteiger charge is 2.66. The average molecular weight is 538 g/mol. The number of aromatic nitrogens is 1. The lowest BCUT2D eigenvalue weighted by molar-refractivity contribution is -0.272. The molecule has 1 amide bonds. The Kier molecular flexibility index (Phi) is 7.81. The minimum Gasteiger partial charge on any atom is -0.431 e. The summed E-state index contributed by atoms with van der Waals surface area (Å²) in [7, 11) is 0. The van der Waals surface area contributed by atoms with Gasteiger partial charge in [0.15, 0.2) is 17.2 Å². The van der Waals surface area contributed by atoms with E-state index in [1.54, 1.807) is 13.8 Å². The highest BCUT2D eigenvalue weighted by Crippen LogP contribution is 2.55. The molecule has 37 heavy (non-hydrogen) atoms. The van der Waals surface area contributed by atoms with Gasteiger partial charge in [-0.25, -0.2) is 4.39 Å². The van der Waals surface area contributed by atoms with Gasteiger partial charge in [-0.1, -0.05) is 13.0 Å². The van der Waals surface area contributed by atoms with Crippen molar-refractivity contribution in [1.29, 1.82) is 0 Å². The van der Waals surface area contributed by atoms with E-state index in [9.17, 15) is 40.6 Å². The Morgan fingerprint density at radius 2 is 1.86 bits per heavy atom. The Labute approximate surface area is 207 Å². The molecule has 1 aliphatic heterocycles. The molecule has 3 rings (SSSR count). The third-order valence-corrected chi connectivity index (χ3v) is 6.28. The number of rotatable bonds is 7. The molecule has 1 aromatic heterocycles. The van der Waals surface area contributed by atoms with Crippen LogP contribution in [-0.2, 0) is 16.0 Å². The predicted molar refractivity (Wildman–Crippen MR) is 117 cm³/mol. The number of halogens is 7. The van der Waals surface area contributed by atoms with E-state index in [0.717, 1.165) is 13.0 Å². The van der Waals surface area contributed by atoms with Gasteiger partial charge in [0, 0.05) is 29.5 Å². The van der Waals surface area contributed by atoms with Gasteiger partial charge >= 0.3 is 12.8 Å². The van der Waals surface area contributed by atoms with Gasteiger partial charge in [0.05, 0.1) is 17.5 Å². The van der Waals surface area contributed by atoms with E-state index in [1.807, 2.05) is 0 Å². The van der Waals surface area contributed by atoms with Crippen molar-refractivity contribution in [2.24, 2.45) is 5.92 Å². The summed E-state index contributed by atoms with van der Waals surface area (Å²) in [6.45, 7) is 1.24. The maximum absolute atomic E-state index is 14.4. The second-order valence-corrected chi connectivity index (χ2v) is 9.63. The minimum absolute atomic E-state index is 0.0643. The SMILES string of the molecule is C[C@H]1[C@@H](c2ccc(F)c(F)c2OC(F)F)[C@H](C(=O)Nc2ccc(CC(C)(C)O)nc2)O[C@@]1(C)C(F)(F)F. The molecule has 0 bridgehead atoms. The van der Waals surface area contributed by atoms with Gasteiger partial charge < -0.3 is 19.9 Å². The van der Waals surface area contributed by atoms with Gasteiger partial charge in [0.1, 0.15) is 6.10 Å². The van der Waals surface area contributed by atoms with Gasteiger partial charge in [-0.15, -0.1) is 0 Å². The molecule has 0 spiro atoms. The normalized spacial score (nSPS) is 24.4. The Balaban J connectivity index is 2.01. The van der Waals surface area contributed by atoms with E-state index in [-0.39, 0.29) is 12.1 Å². The van der Waals surface area contributed by atoms with Crippen molar-refractivity contribution in [3.05, 3.63) is 53.4 Å². The van der Waals surface area contributed by atoms with E-state index < -0.39 is 70.8 Å². The maximum atomic E-state index is 14.4. The molecule has 0 unspecified atom stereocenters. The molecule has 2 N–H and O–H groups in total. The number of benzene rings is 1. The summed E-state index contributed by atoms with van der Waals surface area (Å²) in [6.07, 6.45) is -5.58. The number of alkyl halides is 5. The first-order chi connectivity index (χ1) is 16.9. The number of ether oxygens (including phenoxy) is 2. The van der Waals surface area contributed by atoms with Crippen LogP contribution in [0.1, 0.15) is 44.9 Å². The lowest BCUT2D eigenvalue weighted by Gasteiger charge is -2.32. The van der Waals surface area contributed by atoms with E-state index in [4.69, 9.17) is 4.74 Å². The summed E-state index contributed by atoms with van der Waals surface area (Å²) >= 11 is 0. The molecule has 2 aromatic rings. The van der Waals surface area contributed by atoms with Crippen LogP contribution in [0.3, 0.4) is 0 Å². The summed E-state index contributed by atoms with van der Waals surface area (Å²) in [5.74, 6) is -9.08. The standard InChI is InChI=1S/C24H25F7N2O4/c1-11-16(14-7-8-15(25)17(26)18(14)36-21(27)28)19(37-23(11,4)24(29,30)31)20(34)33-13-6-5-12(32-10-13)9-22(2,3)35/h5-8,10-11,16,19,21,35H,9H2,1-4H3,(H,33,34)/t11-,16-,19+,23+/m0/s1. The van der Waals surface area contributed by atoms with Gasteiger partial charge in [-0.05, 0) is 39.0 Å². The van der Waals surface area contributed by atoms with E-state index in [2.05, 4.69) is 15.0 Å². The highest BCUT2D eigenvalue weighted by molar-refractivity contribution is 5.95. The first kappa shape index (κ1) is 28.6. The van der Waals surface area contributed by atoms with Gasteiger partial charge in [-0.2, -0.15) is 26.3 Å². The number of amides is 1. The molecule has 204 valence electrons. The van der Waals surface area contributed by atoms with Crippen LogP contribution in [0, 0.1) is 17.6 Å². The molecule has 1 saturated heterocycles. The average Bonchev–Trinajstić information content (AvgIpc) is 3.04. The molecule has 6 nitrogen and oxygen atoms in total. The number of hydrogen-bond acceptors (Lipinski definition) is 5. The van der Waals surface area contributed by atoms with Crippen LogP contribution in [0.25, 0.3) is 0 Å².